The SMILES string of the molecule is CCNc1ccc(C(=O)NC2CCCC2SC)nc1. The Balaban J connectivity index is 1.95. The average molecular weight is 279 g/mol. The minimum Gasteiger partial charge on any atom is -0.384 e. The Morgan fingerprint density at radius 2 is 2.32 bits per heavy atom. The zero-order valence-corrected chi connectivity index (χ0v) is 12.3. The average Bonchev–Trinajstić information content (AvgIpc) is 2.87. The number of nitrogens with zero attached hydrogens (tertiary/aromatic N) is 1. The molecule has 104 valence electrons. The predicted octanol–water partition coefficient (Wildman–Crippen LogP) is 2.53. The molecule has 2 atom stereocenters. The molecule has 0 bridgehead atoms. The molecule has 1 aliphatic rings. The van der Waals surface area contributed by atoms with Crippen LogP contribution in [-0.4, -0.2) is 35.0 Å². The minimum atomic E-state index is -0.0611. The van der Waals surface area contributed by atoms with Gasteiger partial charge in [-0.25, -0.2) is 4.98 Å². The molecule has 1 aliphatic carbocycles. The van der Waals surface area contributed by atoms with Crippen LogP contribution in [0.1, 0.15) is 36.7 Å². The lowest BCUT2D eigenvalue weighted by Crippen LogP contribution is -2.38. The lowest BCUT2D eigenvalue weighted by molar-refractivity contribution is 0.0933. The first-order chi connectivity index (χ1) is 9.24. The van der Waals surface area contributed by atoms with Crippen molar-refractivity contribution in [1.29, 1.82) is 0 Å². The van der Waals surface area contributed by atoms with Crippen molar-refractivity contribution in [2.45, 2.75) is 37.5 Å². The second-order valence-electron chi connectivity index (χ2n) is 4.75. The zero-order chi connectivity index (χ0) is 13.7. The molecular weight excluding hydrogens is 258 g/mol. The number of amides is 1. The molecule has 0 saturated heterocycles. The smallest absolute Gasteiger partial charge is 0.270 e. The first-order valence-electron chi connectivity index (χ1n) is 6.78. The summed E-state index contributed by atoms with van der Waals surface area (Å²) in [6.07, 6.45) is 7.28. The van der Waals surface area contributed by atoms with E-state index in [0.29, 0.717) is 10.9 Å². The van der Waals surface area contributed by atoms with Crippen molar-refractivity contribution < 1.29 is 4.79 Å². The fraction of sp³-hybridized carbons (Fsp3) is 0.571. The third kappa shape index (κ3) is 3.62. The summed E-state index contributed by atoms with van der Waals surface area (Å²) in [4.78, 5) is 16.3. The number of carbonyl (C=O) groups is 1. The highest BCUT2D eigenvalue weighted by molar-refractivity contribution is 7.99. The summed E-state index contributed by atoms with van der Waals surface area (Å²) in [5.74, 6) is -0.0611. The van der Waals surface area contributed by atoms with Gasteiger partial charge >= 0.3 is 0 Å². The predicted molar refractivity (Wildman–Crippen MR) is 80.8 cm³/mol. The van der Waals surface area contributed by atoms with Gasteiger partial charge in [0.05, 0.1) is 11.9 Å². The van der Waals surface area contributed by atoms with Crippen LogP contribution in [0.4, 0.5) is 5.69 Å². The van der Waals surface area contributed by atoms with Crippen LogP contribution in [0.2, 0.25) is 0 Å². The van der Waals surface area contributed by atoms with Gasteiger partial charge in [0.25, 0.3) is 5.91 Å². The Hall–Kier alpha value is -1.23. The van der Waals surface area contributed by atoms with Crippen molar-refractivity contribution in [3.8, 4) is 0 Å². The van der Waals surface area contributed by atoms with E-state index < -0.39 is 0 Å². The second-order valence-corrected chi connectivity index (χ2v) is 5.82. The van der Waals surface area contributed by atoms with Gasteiger partial charge in [-0.1, -0.05) is 6.42 Å². The van der Waals surface area contributed by atoms with Crippen LogP contribution in [0, 0.1) is 0 Å². The van der Waals surface area contributed by atoms with E-state index in [1.165, 1.54) is 12.8 Å². The minimum absolute atomic E-state index is 0.0611. The molecule has 2 unspecified atom stereocenters. The third-order valence-electron chi connectivity index (χ3n) is 3.45. The van der Waals surface area contributed by atoms with E-state index in [4.69, 9.17) is 0 Å². The van der Waals surface area contributed by atoms with E-state index in [1.54, 1.807) is 12.3 Å². The highest BCUT2D eigenvalue weighted by Crippen LogP contribution is 2.28. The summed E-state index contributed by atoms with van der Waals surface area (Å²) in [5, 5.41) is 6.82. The normalized spacial score (nSPS) is 22.2. The summed E-state index contributed by atoms with van der Waals surface area (Å²) in [6.45, 7) is 2.88. The molecule has 0 spiro atoms. The molecule has 1 heterocycles. The van der Waals surface area contributed by atoms with Crippen molar-refractivity contribution in [2.75, 3.05) is 18.1 Å². The van der Waals surface area contributed by atoms with Crippen LogP contribution in [-0.2, 0) is 0 Å². The van der Waals surface area contributed by atoms with Crippen LogP contribution in [0.15, 0.2) is 18.3 Å². The molecule has 1 amide bonds. The molecule has 0 radical (unpaired) electrons. The monoisotopic (exact) mass is 279 g/mol. The molecule has 1 aromatic heterocycles. The van der Waals surface area contributed by atoms with E-state index in [1.807, 2.05) is 24.8 Å². The summed E-state index contributed by atoms with van der Waals surface area (Å²) in [7, 11) is 0. The number of pyridine rings is 1. The maximum absolute atomic E-state index is 12.1. The standard InChI is InChI=1S/C14H21N3OS/c1-3-15-10-7-8-12(16-9-10)14(18)17-11-5-4-6-13(11)19-2/h7-9,11,13,15H,3-6H2,1-2H3,(H,17,18). The van der Waals surface area contributed by atoms with Crippen molar-refractivity contribution in [3.05, 3.63) is 24.0 Å². The van der Waals surface area contributed by atoms with Crippen molar-refractivity contribution >= 4 is 23.4 Å². The van der Waals surface area contributed by atoms with Crippen LogP contribution in [0.25, 0.3) is 0 Å². The number of nitrogens with one attached hydrogen (secondary N) is 2. The van der Waals surface area contributed by atoms with Gasteiger partial charge in [0, 0.05) is 17.8 Å². The van der Waals surface area contributed by atoms with E-state index in [-0.39, 0.29) is 11.9 Å². The Morgan fingerprint density at radius 1 is 1.47 bits per heavy atom. The Bertz CT molecular complexity index is 421. The molecule has 5 heteroatoms. The molecule has 1 aromatic rings. The highest BCUT2D eigenvalue weighted by Gasteiger charge is 2.28. The van der Waals surface area contributed by atoms with E-state index in [2.05, 4.69) is 21.9 Å². The molecule has 2 rings (SSSR count). The van der Waals surface area contributed by atoms with Gasteiger partial charge in [-0.3, -0.25) is 4.79 Å². The van der Waals surface area contributed by atoms with Crippen molar-refractivity contribution in [1.82, 2.24) is 10.3 Å². The molecule has 1 saturated carbocycles. The van der Waals surface area contributed by atoms with Crippen LogP contribution < -0.4 is 10.6 Å². The molecule has 4 nitrogen and oxygen atoms in total. The van der Waals surface area contributed by atoms with Gasteiger partial charge in [0.2, 0.25) is 0 Å². The maximum Gasteiger partial charge on any atom is 0.270 e. The third-order valence-corrected chi connectivity index (χ3v) is 4.62. The maximum atomic E-state index is 12.1. The van der Waals surface area contributed by atoms with Crippen LogP contribution in [0.5, 0.6) is 0 Å². The van der Waals surface area contributed by atoms with Gasteiger partial charge in [0.15, 0.2) is 0 Å². The van der Waals surface area contributed by atoms with Gasteiger partial charge in [-0.15, -0.1) is 0 Å². The van der Waals surface area contributed by atoms with E-state index >= 15 is 0 Å². The second kappa shape index (κ2) is 6.80. The van der Waals surface area contributed by atoms with Gasteiger partial charge in [0.1, 0.15) is 5.69 Å². The van der Waals surface area contributed by atoms with Crippen LogP contribution >= 0.6 is 11.8 Å². The fourth-order valence-corrected chi connectivity index (χ4v) is 3.39. The molecule has 0 aromatic carbocycles. The first kappa shape index (κ1) is 14.2. The molecule has 1 fully saturated rings. The molecule has 19 heavy (non-hydrogen) atoms. The lowest BCUT2D eigenvalue weighted by Gasteiger charge is -2.18. The molecule has 2 N–H and O–H groups in total. The van der Waals surface area contributed by atoms with Crippen molar-refractivity contribution in [2.24, 2.45) is 0 Å². The zero-order valence-electron chi connectivity index (χ0n) is 11.5. The van der Waals surface area contributed by atoms with Crippen LogP contribution in [0.3, 0.4) is 0 Å². The van der Waals surface area contributed by atoms with E-state index in [0.717, 1.165) is 18.7 Å². The highest BCUT2D eigenvalue weighted by atomic mass is 32.2. The lowest BCUT2D eigenvalue weighted by atomic mass is 10.2. The summed E-state index contributed by atoms with van der Waals surface area (Å²) in [6, 6.07) is 3.96. The Kier molecular flexibility index (Phi) is 5.07. The largest absolute Gasteiger partial charge is 0.384 e. The van der Waals surface area contributed by atoms with Crippen molar-refractivity contribution in [3.63, 3.8) is 0 Å². The molecular formula is C14H21N3OS. The summed E-state index contributed by atoms with van der Waals surface area (Å²) in [5.41, 5.74) is 1.44. The van der Waals surface area contributed by atoms with E-state index in [9.17, 15) is 4.79 Å². The Morgan fingerprint density at radius 3 is 2.95 bits per heavy atom. The topological polar surface area (TPSA) is 54.0 Å². The molecule has 0 aliphatic heterocycles. The number of anilines is 1. The van der Waals surface area contributed by atoms with Gasteiger partial charge in [-0.05, 0) is 38.2 Å². The fourth-order valence-electron chi connectivity index (χ4n) is 2.45. The van der Waals surface area contributed by atoms with Gasteiger partial charge < -0.3 is 10.6 Å². The first-order valence-corrected chi connectivity index (χ1v) is 8.07. The Labute approximate surface area is 118 Å². The quantitative estimate of drug-likeness (QED) is 0.869. The number of hydrogen-bond acceptors (Lipinski definition) is 4. The summed E-state index contributed by atoms with van der Waals surface area (Å²) >= 11 is 1.84. The number of thioether (sulfide) groups is 1. The number of rotatable bonds is 5. The number of carbonyl (C=O) groups excluding carboxylic acids is 1. The number of aromatic nitrogens is 1. The van der Waals surface area contributed by atoms with Gasteiger partial charge in [-0.2, -0.15) is 11.8 Å². The summed E-state index contributed by atoms with van der Waals surface area (Å²) < 4.78 is 0. The number of hydrogen-bond donors (Lipinski definition) is 2.